The van der Waals surface area contributed by atoms with E-state index in [-0.39, 0.29) is 29.7 Å². The summed E-state index contributed by atoms with van der Waals surface area (Å²) in [5.74, 6) is 1.71. The van der Waals surface area contributed by atoms with Gasteiger partial charge in [0.25, 0.3) is 0 Å². The third-order valence-corrected chi connectivity index (χ3v) is 4.09. The monoisotopic (exact) mass is 267 g/mol. The number of aliphatic hydroxyl groups is 1. The molecule has 1 saturated carbocycles. The first-order valence-electron chi connectivity index (χ1n) is 5.97. The number of methoxy groups -OCH3 is 1. The molecule has 5 nitrogen and oxygen atoms in total. The molecule has 1 aromatic heterocycles. The fourth-order valence-electron chi connectivity index (χ4n) is 3.14. The van der Waals surface area contributed by atoms with Crippen molar-refractivity contribution in [2.75, 3.05) is 13.7 Å². The number of aromatic nitrogens is 3. The number of hydrogen-bond acceptors (Lipinski definition) is 5. The first-order valence-corrected chi connectivity index (χ1v) is 6.35. The molecule has 2 bridgehead atoms. The van der Waals surface area contributed by atoms with Crippen molar-refractivity contribution < 1.29 is 9.84 Å². The van der Waals surface area contributed by atoms with Gasteiger partial charge in [0.1, 0.15) is 5.82 Å². The van der Waals surface area contributed by atoms with Crippen LogP contribution >= 0.6 is 11.6 Å². The van der Waals surface area contributed by atoms with Crippen LogP contribution in [0.5, 0.6) is 6.01 Å². The van der Waals surface area contributed by atoms with Gasteiger partial charge in [0.05, 0.1) is 7.11 Å². The topological polar surface area (TPSA) is 68.1 Å². The fraction of sp³-hybridized carbons (Fsp3) is 0.583. The second-order valence-corrected chi connectivity index (χ2v) is 5.11. The highest BCUT2D eigenvalue weighted by molar-refractivity contribution is 6.28. The Bertz CT molecular complexity index is 494. The molecule has 3 rings (SSSR count). The molecule has 6 heteroatoms. The van der Waals surface area contributed by atoms with Crippen molar-refractivity contribution in [2.24, 2.45) is 17.8 Å². The summed E-state index contributed by atoms with van der Waals surface area (Å²) in [5.41, 5.74) is 0. The van der Waals surface area contributed by atoms with E-state index in [0.29, 0.717) is 17.7 Å². The lowest BCUT2D eigenvalue weighted by Crippen LogP contribution is -2.23. The molecule has 4 atom stereocenters. The number of allylic oxidation sites excluding steroid dienone is 2. The molecular weight excluding hydrogens is 254 g/mol. The Kier molecular flexibility index (Phi) is 2.95. The molecule has 2 aliphatic carbocycles. The van der Waals surface area contributed by atoms with Crippen LogP contribution in [-0.4, -0.2) is 33.8 Å². The lowest BCUT2D eigenvalue weighted by Gasteiger charge is -2.25. The lowest BCUT2D eigenvalue weighted by molar-refractivity contribution is 0.188. The van der Waals surface area contributed by atoms with E-state index in [1.165, 1.54) is 7.11 Å². The summed E-state index contributed by atoms with van der Waals surface area (Å²) in [6, 6.07) is 0.230. The molecule has 1 N–H and O–H groups in total. The number of aliphatic hydroxyl groups excluding tert-OH is 1. The van der Waals surface area contributed by atoms with E-state index in [1.807, 2.05) is 0 Å². The van der Waals surface area contributed by atoms with E-state index in [1.54, 1.807) is 0 Å². The van der Waals surface area contributed by atoms with Crippen molar-refractivity contribution >= 4 is 11.6 Å². The van der Waals surface area contributed by atoms with E-state index in [2.05, 4.69) is 27.1 Å². The Morgan fingerprint density at radius 1 is 1.33 bits per heavy atom. The van der Waals surface area contributed by atoms with Gasteiger partial charge in [-0.15, -0.1) is 0 Å². The molecule has 1 heterocycles. The zero-order valence-corrected chi connectivity index (χ0v) is 10.7. The van der Waals surface area contributed by atoms with Crippen molar-refractivity contribution in [3.8, 4) is 6.01 Å². The SMILES string of the molecule is COc1nc(Cl)nc([C@H]2[C@@H](CO)[C@H]3C=C[C@@H]2C3)n1. The summed E-state index contributed by atoms with van der Waals surface area (Å²) in [6.45, 7) is 0.141. The van der Waals surface area contributed by atoms with E-state index in [0.717, 1.165) is 6.42 Å². The minimum absolute atomic E-state index is 0.111. The van der Waals surface area contributed by atoms with Gasteiger partial charge in [0.15, 0.2) is 0 Å². The zero-order chi connectivity index (χ0) is 12.7. The van der Waals surface area contributed by atoms with E-state index < -0.39 is 0 Å². The Morgan fingerprint density at radius 3 is 2.83 bits per heavy atom. The van der Waals surface area contributed by atoms with Crippen LogP contribution in [0.4, 0.5) is 0 Å². The summed E-state index contributed by atoms with van der Waals surface area (Å²) in [5, 5.41) is 9.69. The summed E-state index contributed by atoms with van der Waals surface area (Å²) in [4.78, 5) is 12.4. The minimum Gasteiger partial charge on any atom is -0.467 e. The van der Waals surface area contributed by atoms with Crippen molar-refractivity contribution in [2.45, 2.75) is 12.3 Å². The number of halogens is 1. The van der Waals surface area contributed by atoms with Crippen LogP contribution in [0.15, 0.2) is 12.2 Å². The first kappa shape index (κ1) is 11.9. The highest BCUT2D eigenvalue weighted by Crippen LogP contribution is 2.52. The second-order valence-electron chi connectivity index (χ2n) is 4.77. The van der Waals surface area contributed by atoms with E-state index >= 15 is 0 Å². The summed E-state index contributed by atoms with van der Waals surface area (Å²) in [6.07, 6.45) is 5.43. The average molecular weight is 268 g/mol. The number of fused-ring (bicyclic) bond motifs is 2. The lowest BCUT2D eigenvalue weighted by atomic mass is 9.83. The Hall–Kier alpha value is -1.20. The number of nitrogens with zero attached hydrogens (tertiary/aromatic N) is 3. The van der Waals surface area contributed by atoms with Gasteiger partial charge in [-0.25, -0.2) is 4.98 Å². The van der Waals surface area contributed by atoms with Gasteiger partial charge in [0.2, 0.25) is 5.28 Å². The Morgan fingerprint density at radius 2 is 2.11 bits per heavy atom. The van der Waals surface area contributed by atoms with Gasteiger partial charge in [-0.3, -0.25) is 0 Å². The third kappa shape index (κ3) is 1.78. The average Bonchev–Trinajstić information content (AvgIpc) is 2.97. The highest BCUT2D eigenvalue weighted by atomic mass is 35.5. The molecule has 0 amide bonds. The molecule has 0 aliphatic heterocycles. The van der Waals surface area contributed by atoms with Crippen LogP contribution in [0.1, 0.15) is 18.2 Å². The van der Waals surface area contributed by atoms with Gasteiger partial charge in [-0.05, 0) is 35.8 Å². The summed E-state index contributed by atoms with van der Waals surface area (Å²) >= 11 is 5.88. The van der Waals surface area contributed by atoms with Gasteiger partial charge in [-0.2, -0.15) is 9.97 Å². The maximum Gasteiger partial charge on any atom is 0.320 e. The molecule has 18 heavy (non-hydrogen) atoms. The molecule has 0 spiro atoms. The molecule has 0 saturated heterocycles. The predicted octanol–water partition coefficient (Wildman–Crippen LogP) is 1.43. The zero-order valence-electron chi connectivity index (χ0n) is 9.95. The number of rotatable bonds is 3. The van der Waals surface area contributed by atoms with Gasteiger partial charge in [0, 0.05) is 12.5 Å². The van der Waals surface area contributed by atoms with Crippen LogP contribution in [-0.2, 0) is 0 Å². The van der Waals surface area contributed by atoms with Crippen LogP contribution in [0.25, 0.3) is 0 Å². The molecule has 2 aliphatic rings. The maximum absolute atomic E-state index is 9.55. The summed E-state index contributed by atoms with van der Waals surface area (Å²) in [7, 11) is 1.50. The normalized spacial score (nSPS) is 33.1. The summed E-state index contributed by atoms with van der Waals surface area (Å²) < 4.78 is 5.02. The standard InChI is InChI=1S/C12H14ClN3O2/c1-18-12-15-10(14-11(13)16-12)9-7-3-2-6(4-7)8(9)5-17/h2-3,6-9,17H,4-5H2,1H3/t6-,7+,8-,9+/m0/s1. The van der Waals surface area contributed by atoms with Crippen molar-refractivity contribution in [1.82, 2.24) is 15.0 Å². The number of hydrogen-bond donors (Lipinski definition) is 1. The van der Waals surface area contributed by atoms with Gasteiger partial charge < -0.3 is 9.84 Å². The molecular formula is C12H14ClN3O2. The van der Waals surface area contributed by atoms with Gasteiger partial charge in [-0.1, -0.05) is 12.2 Å². The quantitative estimate of drug-likeness (QED) is 0.839. The predicted molar refractivity (Wildman–Crippen MR) is 65.4 cm³/mol. The van der Waals surface area contributed by atoms with Crippen molar-refractivity contribution in [1.29, 1.82) is 0 Å². The Labute approximate surface area is 110 Å². The molecule has 96 valence electrons. The van der Waals surface area contributed by atoms with Gasteiger partial charge >= 0.3 is 6.01 Å². The van der Waals surface area contributed by atoms with Crippen LogP contribution in [0.3, 0.4) is 0 Å². The van der Waals surface area contributed by atoms with Crippen molar-refractivity contribution in [3.63, 3.8) is 0 Å². The van der Waals surface area contributed by atoms with Crippen LogP contribution < -0.4 is 4.74 Å². The fourth-order valence-corrected chi connectivity index (χ4v) is 3.30. The molecule has 1 aromatic rings. The molecule has 0 radical (unpaired) electrons. The van der Waals surface area contributed by atoms with Crippen LogP contribution in [0, 0.1) is 17.8 Å². The molecule has 0 unspecified atom stereocenters. The third-order valence-electron chi connectivity index (χ3n) is 3.92. The molecule has 1 fully saturated rings. The van der Waals surface area contributed by atoms with Crippen molar-refractivity contribution in [3.05, 3.63) is 23.3 Å². The van der Waals surface area contributed by atoms with Crippen LogP contribution in [0.2, 0.25) is 5.28 Å². The minimum atomic E-state index is 0.111. The number of ether oxygens (including phenoxy) is 1. The maximum atomic E-state index is 9.55. The van der Waals surface area contributed by atoms with E-state index in [9.17, 15) is 5.11 Å². The first-order chi connectivity index (χ1) is 8.72. The molecule has 0 aromatic carbocycles. The Balaban J connectivity index is 1.99. The smallest absolute Gasteiger partial charge is 0.320 e. The second kappa shape index (κ2) is 4.48. The largest absolute Gasteiger partial charge is 0.467 e. The van der Waals surface area contributed by atoms with E-state index in [4.69, 9.17) is 16.3 Å². The highest BCUT2D eigenvalue weighted by Gasteiger charge is 2.46.